The standard InChI is InChI=1S/C21H17FN4O3/c1-13-6-7-18(22)17(10-13)19(27)24-14-11-23-25(12-14)8-9-26-20(28)15-4-2-3-5-16(15)21(26)29/h2-7,10-12H,8-9H2,1H3,(H,24,27). The minimum absolute atomic E-state index is 0.0521. The van der Waals surface area contributed by atoms with Crippen LogP contribution in [0.2, 0.25) is 0 Å². The monoisotopic (exact) mass is 392 g/mol. The van der Waals surface area contributed by atoms with Crippen molar-refractivity contribution in [2.45, 2.75) is 13.5 Å². The molecule has 0 unspecified atom stereocenters. The van der Waals surface area contributed by atoms with Gasteiger partial charge in [0.25, 0.3) is 17.7 Å². The molecule has 2 heterocycles. The van der Waals surface area contributed by atoms with Crippen LogP contribution in [-0.2, 0) is 6.54 Å². The average molecular weight is 392 g/mol. The number of carbonyl (C=O) groups is 3. The van der Waals surface area contributed by atoms with Crippen molar-refractivity contribution in [1.82, 2.24) is 14.7 Å². The lowest BCUT2D eigenvalue weighted by Gasteiger charge is -2.13. The van der Waals surface area contributed by atoms with Gasteiger partial charge in [-0.15, -0.1) is 0 Å². The molecule has 0 radical (unpaired) electrons. The SMILES string of the molecule is Cc1ccc(F)c(C(=O)Nc2cnn(CCN3C(=O)c4ccccc4C3=O)c2)c1. The lowest BCUT2D eigenvalue weighted by molar-refractivity contribution is 0.0647. The Morgan fingerprint density at radius 3 is 2.45 bits per heavy atom. The van der Waals surface area contributed by atoms with Gasteiger partial charge in [-0.1, -0.05) is 23.8 Å². The lowest BCUT2D eigenvalue weighted by atomic mass is 10.1. The molecular weight excluding hydrogens is 375 g/mol. The molecule has 1 aliphatic rings. The molecule has 1 aromatic heterocycles. The Labute approximate surface area is 165 Å². The number of halogens is 1. The molecule has 2 aromatic carbocycles. The van der Waals surface area contributed by atoms with Crippen LogP contribution in [0.4, 0.5) is 10.1 Å². The summed E-state index contributed by atoms with van der Waals surface area (Å²) in [6.07, 6.45) is 2.98. The zero-order valence-electron chi connectivity index (χ0n) is 15.6. The number of amides is 3. The first-order valence-corrected chi connectivity index (χ1v) is 8.99. The molecule has 0 fully saturated rings. The molecule has 3 aromatic rings. The number of fused-ring (bicyclic) bond motifs is 1. The minimum Gasteiger partial charge on any atom is -0.319 e. The highest BCUT2D eigenvalue weighted by atomic mass is 19.1. The summed E-state index contributed by atoms with van der Waals surface area (Å²) >= 11 is 0. The third-order valence-corrected chi connectivity index (χ3v) is 4.69. The molecule has 0 bridgehead atoms. The normalized spacial score (nSPS) is 13.0. The summed E-state index contributed by atoms with van der Waals surface area (Å²) in [5, 5.41) is 6.72. The van der Waals surface area contributed by atoms with Gasteiger partial charge in [-0.2, -0.15) is 5.10 Å². The maximum Gasteiger partial charge on any atom is 0.261 e. The number of hydrogen-bond donors (Lipinski definition) is 1. The number of anilines is 1. The first kappa shape index (κ1) is 18.5. The second-order valence-electron chi connectivity index (χ2n) is 6.74. The van der Waals surface area contributed by atoms with Crippen LogP contribution in [0.3, 0.4) is 0 Å². The highest BCUT2D eigenvalue weighted by Gasteiger charge is 2.34. The Kier molecular flexibility index (Phi) is 4.67. The average Bonchev–Trinajstić information content (AvgIpc) is 3.25. The van der Waals surface area contributed by atoms with E-state index in [1.165, 1.54) is 27.9 Å². The van der Waals surface area contributed by atoms with Gasteiger partial charge in [-0.25, -0.2) is 4.39 Å². The maximum absolute atomic E-state index is 13.9. The Balaban J connectivity index is 1.40. The molecule has 0 aliphatic carbocycles. The van der Waals surface area contributed by atoms with Crippen LogP contribution >= 0.6 is 0 Å². The van der Waals surface area contributed by atoms with Crippen LogP contribution in [0.1, 0.15) is 36.6 Å². The summed E-state index contributed by atoms with van der Waals surface area (Å²) in [4.78, 5) is 38.2. The number of aryl methyl sites for hydroxylation is 1. The van der Waals surface area contributed by atoms with E-state index in [1.54, 1.807) is 43.5 Å². The van der Waals surface area contributed by atoms with Crippen molar-refractivity contribution in [3.8, 4) is 0 Å². The molecule has 0 spiro atoms. The number of hydrogen-bond acceptors (Lipinski definition) is 4. The summed E-state index contributed by atoms with van der Waals surface area (Å²) in [6.45, 7) is 2.18. The number of benzene rings is 2. The first-order valence-electron chi connectivity index (χ1n) is 8.99. The molecule has 3 amide bonds. The van der Waals surface area contributed by atoms with Crippen molar-refractivity contribution in [3.63, 3.8) is 0 Å². The predicted molar refractivity (Wildman–Crippen MR) is 103 cm³/mol. The van der Waals surface area contributed by atoms with Crippen molar-refractivity contribution in [3.05, 3.63) is 82.9 Å². The number of aromatic nitrogens is 2. The largest absolute Gasteiger partial charge is 0.319 e. The summed E-state index contributed by atoms with van der Waals surface area (Å²) in [5.41, 5.74) is 1.90. The molecular formula is C21H17FN4O3. The van der Waals surface area contributed by atoms with Gasteiger partial charge < -0.3 is 5.32 Å². The molecule has 29 heavy (non-hydrogen) atoms. The van der Waals surface area contributed by atoms with Gasteiger partial charge in [-0.05, 0) is 31.2 Å². The van der Waals surface area contributed by atoms with Crippen molar-refractivity contribution < 1.29 is 18.8 Å². The quantitative estimate of drug-likeness (QED) is 0.677. The molecule has 4 rings (SSSR count). The van der Waals surface area contributed by atoms with Crippen molar-refractivity contribution >= 4 is 23.4 Å². The van der Waals surface area contributed by atoms with Crippen molar-refractivity contribution in [1.29, 1.82) is 0 Å². The number of rotatable bonds is 5. The van der Waals surface area contributed by atoms with E-state index < -0.39 is 11.7 Å². The predicted octanol–water partition coefficient (Wildman–Crippen LogP) is 2.88. The fourth-order valence-corrected chi connectivity index (χ4v) is 3.21. The third kappa shape index (κ3) is 3.52. The van der Waals surface area contributed by atoms with E-state index in [2.05, 4.69) is 10.4 Å². The zero-order chi connectivity index (χ0) is 20.5. The van der Waals surface area contributed by atoms with Crippen LogP contribution < -0.4 is 5.32 Å². The van der Waals surface area contributed by atoms with Gasteiger partial charge >= 0.3 is 0 Å². The van der Waals surface area contributed by atoms with Crippen molar-refractivity contribution in [2.75, 3.05) is 11.9 Å². The Bertz CT molecular complexity index is 1100. The zero-order valence-corrected chi connectivity index (χ0v) is 15.6. The lowest BCUT2D eigenvalue weighted by Crippen LogP contribution is -2.33. The van der Waals surface area contributed by atoms with E-state index in [0.29, 0.717) is 16.8 Å². The maximum atomic E-state index is 13.9. The summed E-state index contributed by atoms with van der Waals surface area (Å²) in [5.74, 6) is -1.85. The van der Waals surface area contributed by atoms with Crippen molar-refractivity contribution in [2.24, 2.45) is 0 Å². The number of carbonyl (C=O) groups excluding carboxylic acids is 3. The van der Waals surface area contributed by atoms with Crippen LogP contribution in [0.5, 0.6) is 0 Å². The first-order chi connectivity index (χ1) is 13.9. The Morgan fingerprint density at radius 1 is 1.07 bits per heavy atom. The second-order valence-corrected chi connectivity index (χ2v) is 6.74. The van der Waals surface area contributed by atoms with Gasteiger partial charge in [0.2, 0.25) is 0 Å². The van der Waals surface area contributed by atoms with Gasteiger partial charge in [0.15, 0.2) is 0 Å². The van der Waals surface area contributed by atoms with E-state index in [-0.39, 0.29) is 30.5 Å². The topological polar surface area (TPSA) is 84.3 Å². The highest BCUT2D eigenvalue weighted by Crippen LogP contribution is 2.22. The number of imide groups is 1. The van der Waals surface area contributed by atoms with Crippen LogP contribution in [0, 0.1) is 12.7 Å². The smallest absolute Gasteiger partial charge is 0.261 e. The molecule has 0 saturated heterocycles. The molecule has 7 nitrogen and oxygen atoms in total. The second kappa shape index (κ2) is 7.31. The van der Waals surface area contributed by atoms with Gasteiger partial charge in [-0.3, -0.25) is 24.0 Å². The van der Waals surface area contributed by atoms with Gasteiger partial charge in [0, 0.05) is 12.7 Å². The fraction of sp³-hybridized carbons (Fsp3) is 0.143. The van der Waals surface area contributed by atoms with Crippen LogP contribution in [-0.4, -0.2) is 38.9 Å². The molecule has 1 N–H and O–H groups in total. The van der Waals surface area contributed by atoms with E-state index in [4.69, 9.17) is 0 Å². The van der Waals surface area contributed by atoms with E-state index in [9.17, 15) is 18.8 Å². The van der Waals surface area contributed by atoms with Gasteiger partial charge in [0.1, 0.15) is 5.82 Å². The van der Waals surface area contributed by atoms with Crippen LogP contribution in [0.15, 0.2) is 54.9 Å². The fourth-order valence-electron chi connectivity index (χ4n) is 3.21. The molecule has 8 heteroatoms. The molecule has 0 saturated carbocycles. The van der Waals surface area contributed by atoms with Crippen LogP contribution in [0.25, 0.3) is 0 Å². The van der Waals surface area contributed by atoms with E-state index >= 15 is 0 Å². The number of nitrogens with one attached hydrogen (secondary N) is 1. The Hall–Kier alpha value is -3.81. The molecule has 1 aliphatic heterocycles. The summed E-state index contributed by atoms with van der Waals surface area (Å²) in [7, 11) is 0. The summed E-state index contributed by atoms with van der Waals surface area (Å²) < 4.78 is 15.4. The van der Waals surface area contributed by atoms with E-state index in [1.807, 2.05) is 0 Å². The van der Waals surface area contributed by atoms with E-state index in [0.717, 1.165) is 5.56 Å². The molecule has 0 atom stereocenters. The van der Waals surface area contributed by atoms with Gasteiger partial charge in [0.05, 0.1) is 35.1 Å². The third-order valence-electron chi connectivity index (χ3n) is 4.69. The Morgan fingerprint density at radius 2 is 1.76 bits per heavy atom. The number of nitrogens with zero attached hydrogens (tertiary/aromatic N) is 3. The highest BCUT2D eigenvalue weighted by molar-refractivity contribution is 6.21. The minimum atomic E-state index is -0.605. The molecule has 146 valence electrons. The summed E-state index contributed by atoms with van der Waals surface area (Å²) in [6, 6.07) is 11.0.